The molecule has 0 bridgehead atoms. The predicted octanol–water partition coefficient (Wildman–Crippen LogP) is 3.44. The van der Waals surface area contributed by atoms with E-state index in [-0.39, 0.29) is 11.3 Å². The maximum absolute atomic E-state index is 13.3. The highest BCUT2D eigenvalue weighted by molar-refractivity contribution is 6.09. The molecular formula is C16H16F2N2O. The number of nitrogens with two attached hydrogens (primary N) is 1. The number of nitrogen functional groups attached to an aromatic ring is 1. The first kappa shape index (κ1) is 15.0. The summed E-state index contributed by atoms with van der Waals surface area (Å²) in [6.07, 6.45) is 0. The quantitative estimate of drug-likeness (QED) is 0.861. The van der Waals surface area contributed by atoms with Crippen molar-refractivity contribution >= 4 is 17.3 Å². The number of halogens is 2. The molecule has 0 aliphatic carbocycles. The molecule has 0 unspecified atom stereocenters. The van der Waals surface area contributed by atoms with Crippen molar-refractivity contribution in [3.05, 3.63) is 58.7 Å². The first-order valence-corrected chi connectivity index (χ1v) is 6.41. The molecule has 0 saturated heterocycles. The molecule has 1 amide bonds. The van der Waals surface area contributed by atoms with Crippen molar-refractivity contribution < 1.29 is 13.6 Å². The third-order valence-corrected chi connectivity index (χ3v) is 3.34. The van der Waals surface area contributed by atoms with Crippen LogP contribution in [0.1, 0.15) is 21.5 Å². The fourth-order valence-corrected chi connectivity index (χ4v) is 2.22. The number of carbonyl (C=O) groups excluding carboxylic acids is 1. The molecule has 3 nitrogen and oxygen atoms in total. The highest BCUT2D eigenvalue weighted by Crippen LogP contribution is 2.24. The van der Waals surface area contributed by atoms with Crippen LogP contribution in [0.2, 0.25) is 0 Å². The number of amides is 1. The Kier molecular flexibility index (Phi) is 3.93. The summed E-state index contributed by atoms with van der Waals surface area (Å²) in [5, 5.41) is 0. The molecule has 2 rings (SSSR count). The Morgan fingerprint density at radius 1 is 1.10 bits per heavy atom. The van der Waals surface area contributed by atoms with Crippen LogP contribution in [0.25, 0.3) is 0 Å². The molecule has 0 aromatic heterocycles. The Morgan fingerprint density at radius 2 is 1.71 bits per heavy atom. The maximum Gasteiger partial charge on any atom is 0.260 e. The summed E-state index contributed by atoms with van der Waals surface area (Å²) in [6, 6.07) is 7.26. The third kappa shape index (κ3) is 2.86. The van der Waals surface area contributed by atoms with Crippen LogP contribution in [0.5, 0.6) is 0 Å². The molecule has 2 N–H and O–H groups in total. The third-order valence-electron chi connectivity index (χ3n) is 3.34. The fourth-order valence-electron chi connectivity index (χ4n) is 2.22. The first-order chi connectivity index (χ1) is 9.81. The van der Waals surface area contributed by atoms with E-state index in [1.54, 1.807) is 13.1 Å². The van der Waals surface area contributed by atoms with E-state index in [4.69, 9.17) is 5.73 Å². The summed E-state index contributed by atoms with van der Waals surface area (Å²) in [5.41, 5.74) is 8.14. The molecule has 21 heavy (non-hydrogen) atoms. The van der Waals surface area contributed by atoms with E-state index in [1.807, 2.05) is 26.0 Å². The van der Waals surface area contributed by atoms with E-state index in [9.17, 15) is 13.6 Å². The van der Waals surface area contributed by atoms with Gasteiger partial charge < -0.3 is 10.6 Å². The molecule has 0 spiro atoms. The van der Waals surface area contributed by atoms with Crippen LogP contribution in [0.15, 0.2) is 30.3 Å². The number of hydrogen-bond acceptors (Lipinski definition) is 2. The van der Waals surface area contributed by atoms with E-state index in [0.29, 0.717) is 5.69 Å². The zero-order valence-electron chi connectivity index (χ0n) is 12.1. The number of anilines is 2. The second-order valence-corrected chi connectivity index (χ2v) is 5.01. The standard InChI is InChI=1S/C16H16F2N2O/c1-9-4-5-15(10(2)6-9)20(3)16(21)11-7-12(17)13(18)8-14(11)19/h4-8H,19H2,1-3H3. The van der Waals surface area contributed by atoms with Crippen molar-refractivity contribution in [2.24, 2.45) is 0 Å². The summed E-state index contributed by atoms with van der Waals surface area (Å²) >= 11 is 0. The molecule has 0 heterocycles. The van der Waals surface area contributed by atoms with Crippen molar-refractivity contribution in [2.75, 3.05) is 17.7 Å². The zero-order valence-corrected chi connectivity index (χ0v) is 12.1. The molecule has 0 atom stereocenters. The summed E-state index contributed by atoms with van der Waals surface area (Å²) in [4.78, 5) is 13.8. The molecule has 5 heteroatoms. The van der Waals surface area contributed by atoms with Gasteiger partial charge in [-0.05, 0) is 31.5 Å². The monoisotopic (exact) mass is 290 g/mol. The van der Waals surface area contributed by atoms with Gasteiger partial charge in [-0.3, -0.25) is 4.79 Å². The lowest BCUT2D eigenvalue weighted by Gasteiger charge is -2.21. The van der Waals surface area contributed by atoms with Gasteiger partial charge in [-0.1, -0.05) is 17.7 Å². The van der Waals surface area contributed by atoms with Gasteiger partial charge in [-0.25, -0.2) is 8.78 Å². The number of rotatable bonds is 2. The van der Waals surface area contributed by atoms with Gasteiger partial charge >= 0.3 is 0 Å². The van der Waals surface area contributed by atoms with E-state index >= 15 is 0 Å². The second-order valence-electron chi connectivity index (χ2n) is 5.01. The van der Waals surface area contributed by atoms with Crippen molar-refractivity contribution in [1.82, 2.24) is 0 Å². The molecule has 2 aromatic rings. The molecule has 0 saturated carbocycles. The van der Waals surface area contributed by atoms with Gasteiger partial charge in [0.2, 0.25) is 0 Å². The predicted molar refractivity (Wildman–Crippen MR) is 79.4 cm³/mol. The van der Waals surface area contributed by atoms with Crippen LogP contribution >= 0.6 is 0 Å². The Balaban J connectivity index is 2.42. The van der Waals surface area contributed by atoms with Gasteiger partial charge in [0.25, 0.3) is 5.91 Å². The van der Waals surface area contributed by atoms with E-state index < -0.39 is 17.5 Å². The van der Waals surface area contributed by atoms with E-state index in [0.717, 1.165) is 23.3 Å². The maximum atomic E-state index is 13.3. The Bertz CT molecular complexity index is 714. The van der Waals surface area contributed by atoms with Crippen LogP contribution in [0, 0.1) is 25.5 Å². The minimum Gasteiger partial charge on any atom is -0.398 e. The second kappa shape index (κ2) is 5.52. The Hall–Kier alpha value is -2.43. The first-order valence-electron chi connectivity index (χ1n) is 6.41. The highest BCUT2D eigenvalue weighted by Gasteiger charge is 2.20. The van der Waals surface area contributed by atoms with Crippen LogP contribution in [-0.4, -0.2) is 13.0 Å². The highest BCUT2D eigenvalue weighted by atomic mass is 19.2. The smallest absolute Gasteiger partial charge is 0.260 e. The molecular weight excluding hydrogens is 274 g/mol. The molecule has 2 aromatic carbocycles. The molecule has 0 aliphatic rings. The van der Waals surface area contributed by atoms with Crippen molar-refractivity contribution in [3.63, 3.8) is 0 Å². The number of nitrogens with zero attached hydrogens (tertiary/aromatic N) is 1. The van der Waals surface area contributed by atoms with Gasteiger partial charge in [0.15, 0.2) is 11.6 Å². The van der Waals surface area contributed by atoms with Gasteiger partial charge in [-0.15, -0.1) is 0 Å². The SMILES string of the molecule is Cc1ccc(N(C)C(=O)c2cc(F)c(F)cc2N)c(C)c1. The topological polar surface area (TPSA) is 46.3 Å². The van der Waals surface area contributed by atoms with Crippen molar-refractivity contribution in [3.8, 4) is 0 Å². The average molecular weight is 290 g/mol. The lowest BCUT2D eigenvalue weighted by molar-refractivity contribution is 0.0993. The molecule has 0 fully saturated rings. The number of hydrogen-bond donors (Lipinski definition) is 1. The van der Waals surface area contributed by atoms with E-state index in [1.165, 1.54) is 4.90 Å². The normalized spacial score (nSPS) is 10.5. The van der Waals surface area contributed by atoms with Gasteiger partial charge in [0.1, 0.15) is 0 Å². The van der Waals surface area contributed by atoms with Gasteiger partial charge in [0, 0.05) is 24.5 Å². The number of benzene rings is 2. The van der Waals surface area contributed by atoms with Crippen LogP contribution in [-0.2, 0) is 0 Å². The Morgan fingerprint density at radius 3 is 2.33 bits per heavy atom. The van der Waals surface area contributed by atoms with Crippen molar-refractivity contribution in [2.45, 2.75) is 13.8 Å². The zero-order chi connectivity index (χ0) is 15.7. The van der Waals surface area contributed by atoms with Crippen LogP contribution in [0.4, 0.5) is 20.2 Å². The minimum atomic E-state index is -1.10. The lowest BCUT2D eigenvalue weighted by Crippen LogP contribution is -2.28. The minimum absolute atomic E-state index is 0.0589. The Labute approximate surface area is 122 Å². The molecule has 0 aliphatic heterocycles. The molecule has 0 radical (unpaired) electrons. The fraction of sp³-hybridized carbons (Fsp3) is 0.188. The lowest BCUT2D eigenvalue weighted by atomic mass is 10.1. The number of aryl methyl sites for hydroxylation is 2. The summed E-state index contributed by atoms with van der Waals surface area (Å²) in [6.45, 7) is 3.83. The van der Waals surface area contributed by atoms with Gasteiger partial charge in [0.05, 0.1) is 5.56 Å². The summed E-state index contributed by atoms with van der Waals surface area (Å²) < 4.78 is 26.4. The van der Waals surface area contributed by atoms with E-state index in [2.05, 4.69) is 0 Å². The summed E-state index contributed by atoms with van der Waals surface area (Å²) in [5.74, 6) is -2.65. The van der Waals surface area contributed by atoms with Crippen LogP contribution in [0.3, 0.4) is 0 Å². The molecule has 110 valence electrons. The number of carbonyl (C=O) groups is 1. The summed E-state index contributed by atoms with van der Waals surface area (Å²) in [7, 11) is 1.57. The van der Waals surface area contributed by atoms with Gasteiger partial charge in [-0.2, -0.15) is 0 Å². The average Bonchev–Trinajstić information content (AvgIpc) is 2.41. The largest absolute Gasteiger partial charge is 0.398 e. The van der Waals surface area contributed by atoms with Crippen LogP contribution < -0.4 is 10.6 Å². The van der Waals surface area contributed by atoms with Crippen molar-refractivity contribution in [1.29, 1.82) is 0 Å².